The third-order valence-electron chi connectivity index (χ3n) is 4.66. The molecule has 0 unspecified atom stereocenters. The number of nitrogens with zero attached hydrogens (tertiary/aromatic N) is 1. The molecule has 0 radical (unpaired) electrons. The van der Waals surface area contributed by atoms with Gasteiger partial charge in [-0.25, -0.2) is 0 Å². The zero-order valence-corrected chi connectivity index (χ0v) is 14.3. The topological polar surface area (TPSA) is 21.7 Å². The van der Waals surface area contributed by atoms with Crippen molar-refractivity contribution in [3.05, 3.63) is 24.3 Å². The molecule has 21 heavy (non-hydrogen) atoms. The first-order valence-corrected chi connectivity index (χ1v) is 8.01. The summed E-state index contributed by atoms with van der Waals surface area (Å²) in [4.78, 5) is 2.38. The zero-order valence-electron chi connectivity index (χ0n) is 14.3. The van der Waals surface area contributed by atoms with Crippen LogP contribution in [0.2, 0.25) is 0 Å². The van der Waals surface area contributed by atoms with Crippen LogP contribution in [0.1, 0.15) is 48.0 Å². The monoisotopic (exact) mass is 289 g/mol. The molecular formula is C17H28BNO2. The Kier molecular flexibility index (Phi) is 4.69. The molecule has 0 saturated carbocycles. The Bertz CT molecular complexity index is 454. The van der Waals surface area contributed by atoms with Crippen LogP contribution in [0.15, 0.2) is 24.3 Å². The zero-order chi connectivity index (χ0) is 15.7. The molecule has 2 rings (SSSR count). The van der Waals surface area contributed by atoms with Crippen molar-refractivity contribution in [1.82, 2.24) is 0 Å². The quantitative estimate of drug-likeness (QED) is 0.777. The van der Waals surface area contributed by atoms with Crippen LogP contribution in [0.3, 0.4) is 0 Å². The summed E-state index contributed by atoms with van der Waals surface area (Å²) >= 11 is 0. The molecule has 1 heterocycles. The van der Waals surface area contributed by atoms with E-state index in [1.165, 1.54) is 5.69 Å². The fourth-order valence-corrected chi connectivity index (χ4v) is 2.56. The van der Waals surface area contributed by atoms with Crippen LogP contribution in [0, 0.1) is 0 Å². The Hall–Kier alpha value is -0.995. The van der Waals surface area contributed by atoms with E-state index in [2.05, 4.69) is 70.7 Å². The van der Waals surface area contributed by atoms with Gasteiger partial charge in [0.15, 0.2) is 0 Å². The molecule has 0 aromatic heterocycles. The molecule has 116 valence electrons. The third-order valence-corrected chi connectivity index (χ3v) is 4.66. The molecule has 0 aliphatic carbocycles. The molecule has 1 aromatic carbocycles. The maximum absolute atomic E-state index is 6.09. The second-order valence-corrected chi connectivity index (χ2v) is 6.76. The van der Waals surface area contributed by atoms with Crippen molar-refractivity contribution in [2.75, 3.05) is 18.0 Å². The van der Waals surface area contributed by atoms with E-state index in [9.17, 15) is 0 Å². The first kappa shape index (κ1) is 16.4. The van der Waals surface area contributed by atoms with Gasteiger partial charge in [0, 0.05) is 18.8 Å². The summed E-state index contributed by atoms with van der Waals surface area (Å²) in [5.41, 5.74) is 1.78. The second-order valence-electron chi connectivity index (χ2n) is 6.76. The Morgan fingerprint density at radius 1 is 0.952 bits per heavy atom. The van der Waals surface area contributed by atoms with Crippen molar-refractivity contribution in [3.63, 3.8) is 0 Å². The number of anilines is 1. The van der Waals surface area contributed by atoms with Crippen molar-refractivity contribution in [1.29, 1.82) is 0 Å². The van der Waals surface area contributed by atoms with Gasteiger partial charge < -0.3 is 14.2 Å². The highest BCUT2D eigenvalue weighted by Gasteiger charge is 2.51. The predicted molar refractivity (Wildman–Crippen MR) is 90.3 cm³/mol. The molecule has 1 fully saturated rings. The Labute approximate surface area is 129 Å². The fourth-order valence-electron chi connectivity index (χ4n) is 2.56. The SMILES string of the molecule is CCCN(CC)c1ccc(B2OC(C)(C)C(C)(C)O2)cc1. The summed E-state index contributed by atoms with van der Waals surface area (Å²) in [6.07, 6.45) is 1.16. The summed E-state index contributed by atoms with van der Waals surface area (Å²) in [5, 5.41) is 0. The first-order chi connectivity index (χ1) is 9.80. The fraction of sp³-hybridized carbons (Fsp3) is 0.647. The third kappa shape index (κ3) is 3.27. The molecule has 0 amide bonds. The van der Waals surface area contributed by atoms with Crippen molar-refractivity contribution >= 4 is 18.3 Å². The minimum Gasteiger partial charge on any atom is -0.399 e. The average molecular weight is 289 g/mol. The standard InChI is InChI=1S/C17H28BNO2/c1-7-13-19(8-2)15-11-9-14(10-12-15)18-20-16(3,4)17(5,6)21-18/h9-12H,7-8,13H2,1-6H3. The maximum Gasteiger partial charge on any atom is 0.494 e. The Morgan fingerprint density at radius 2 is 1.48 bits per heavy atom. The van der Waals surface area contributed by atoms with E-state index in [1.54, 1.807) is 0 Å². The van der Waals surface area contributed by atoms with Gasteiger partial charge in [-0.15, -0.1) is 0 Å². The molecule has 0 spiro atoms. The number of rotatable bonds is 5. The molecule has 1 aliphatic rings. The normalized spacial score (nSPS) is 19.8. The largest absolute Gasteiger partial charge is 0.494 e. The second kappa shape index (κ2) is 6.01. The van der Waals surface area contributed by atoms with Gasteiger partial charge >= 0.3 is 7.12 Å². The lowest BCUT2D eigenvalue weighted by molar-refractivity contribution is 0.00578. The van der Waals surface area contributed by atoms with Crippen LogP contribution in [0.4, 0.5) is 5.69 Å². The van der Waals surface area contributed by atoms with Crippen molar-refractivity contribution < 1.29 is 9.31 Å². The van der Waals surface area contributed by atoms with Crippen LogP contribution < -0.4 is 10.4 Å². The van der Waals surface area contributed by atoms with Crippen molar-refractivity contribution in [2.24, 2.45) is 0 Å². The van der Waals surface area contributed by atoms with Crippen LogP contribution >= 0.6 is 0 Å². The molecule has 0 N–H and O–H groups in total. The highest BCUT2D eigenvalue weighted by atomic mass is 16.7. The smallest absolute Gasteiger partial charge is 0.399 e. The average Bonchev–Trinajstić information content (AvgIpc) is 2.65. The highest BCUT2D eigenvalue weighted by Crippen LogP contribution is 2.36. The van der Waals surface area contributed by atoms with E-state index >= 15 is 0 Å². The number of benzene rings is 1. The molecule has 0 bridgehead atoms. The van der Waals surface area contributed by atoms with E-state index in [0.29, 0.717) is 0 Å². The first-order valence-electron chi connectivity index (χ1n) is 8.01. The lowest BCUT2D eigenvalue weighted by atomic mass is 9.79. The Balaban J connectivity index is 2.13. The van der Waals surface area contributed by atoms with Gasteiger partial charge in [-0.1, -0.05) is 19.1 Å². The van der Waals surface area contributed by atoms with E-state index in [-0.39, 0.29) is 18.3 Å². The molecule has 4 heteroatoms. The minimum absolute atomic E-state index is 0.273. The van der Waals surface area contributed by atoms with E-state index in [1.807, 2.05) is 0 Å². The summed E-state index contributed by atoms with van der Waals surface area (Å²) < 4.78 is 12.2. The summed E-state index contributed by atoms with van der Waals surface area (Å²) in [7, 11) is -0.273. The van der Waals surface area contributed by atoms with Gasteiger partial charge in [0.25, 0.3) is 0 Å². The summed E-state index contributed by atoms with van der Waals surface area (Å²) in [6, 6.07) is 8.57. The van der Waals surface area contributed by atoms with Crippen LogP contribution in [-0.2, 0) is 9.31 Å². The molecule has 1 aromatic rings. The molecule has 3 nitrogen and oxygen atoms in total. The molecule has 1 saturated heterocycles. The van der Waals surface area contributed by atoms with Gasteiger partial charge in [-0.3, -0.25) is 0 Å². The van der Waals surface area contributed by atoms with E-state index < -0.39 is 0 Å². The lowest BCUT2D eigenvalue weighted by Crippen LogP contribution is -2.41. The Morgan fingerprint density at radius 3 is 1.90 bits per heavy atom. The van der Waals surface area contributed by atoms with Crippen LogP contribution in [0.25, 0.3) is 0 Å². The van der Waals surface area contributed by atoms with Crippen molar-refractivity contribution in [3.8, 4) is 0 Å². The van der Waals surface area contributed by atoms with E-state index in [0.717, 1.165) is 25.0 Å². The van der Waals surface area contributed by atoms with Gasteiger partial charge in [0.1, 0.15) is 0 Å². The van der Waals surface area contributed by atoms with Crippen molar-refractivity contribution in [2.45, 2.75) is 59.2 Å². The van der Waals surface area contributed by atoms with Crippen LogP contribution in [0.5, 0.6) is 0 Å². The summed E-state index contributed by atoms with van der Waals surface area (Å²) in [6.45, 7) is 14.9. The molecular weight excluding hydrogens is 261 g/mol. The predicted octanol–water partition coefficient (Wildman–Crippen LogP) is 3.22. The lowest BCUT2D eigenvalue weighted by Gasteiger charge is -2.32. The van der Waals surface area contributed by atoms with E-state index in [4.69, 9.17) is 9.31 Å². The van der Waals surface area contributed by atoms with Gasteiger partial charge in [-0.05, 0) is 58.6 Å². The number of hydrogen-bond donors (Lipinski definition) is 0. The maximum atomic E-state index is 6.09. The van der Waals surface area contributed by atoms with Gasteiger partial charge in [0.2, 0.25) is 0 Å². The molecule has 0 atom stereocenters. The number of hydrogen-bond acceptors (Lipinski definition) is 3. The minimum atomic E-state index is -0.284. The highest BCUT2D eigenvalue weighted by molar-refractivity contribution is 6.62. The molecule has 1 aliphatic heterocycles. The van der Waals surface area contributed by atoms with Gasteiger partial charge in [-0.2, -0.15) is 0 Å². The summed E-state index contributed by atoms with van der Waals surface area (Å²) in [5.74, 6) is 0. The van der Waals surface area contributed by atoms with Crippen LogP contribution in [-0.4, -0.2) is 31.4 Å². The van der Waals surface area contributed by atoms with Gasteiger partial charge in [0.05, 0.1) is 11.2 Å².